The largest absolute Gasteiger partial charge is 0.506 e. The van der Waals surface area contributed by atoms with Crippen LogP contribution in [0.4, 0.5) is 0 Å². The number of aryl methyl sites for hydroxylation is 1. The highest BCUT2D eigenvalue weighted by molar-refractivity contribution is 6.09. The molecule has 36 heavy (non-hydrogen) atoms. The molecule has 178 valence electrons. The van der Waals surface area contributed by atoms with Gasteiger partial charge in [0.15, 0.2) is 0 Å². The van der Waals surface area contributed by atoms with Crippen LogP contribution in [-0.2, 0) is 11.8 Å². The lowest BCUT2D eigenvalue weighted by Gasteiger charge is -2.21. The maximum atomic E-state index is 10.6. The van der Waals surface area contributed by atoms with Crippen LogP contribution in [0.15, 0.2) is 85.1 Å². The smallest absolute Gasteiger partial charge is 0.141 e. The minimum atomic E-state index is -0.0303. The lowest BCUT2D eigenvalue weighted by molar-refractivity contribution is 0.479. The maximum Gasteiger partial charge on any atom is 0.141 e. The Morgan fingerprint density at radius 2 is 1.58 bits per heavy atom. The fourth-order valence-corrected chi connectivity index (χ4v) is 5.22. The van der Waals surface area contributed by atoms with E-state index in [1.165, 1.54) is 21.9 Å². The van der Waals surface area contributed by atoms with Gasteiger partial charge >= 0.3 is 0 Å². The third kappa shape index (κ3) is 3.70. The topological polar surface area (TPSA) is 50.9 Å². The van der Waals surface area contributed by atoms with Crippen molar-refractivity contribution < 1.29 is 5.11 Å². The van der Waals surface area contributed by atoms with Crippen LogP contribution in [0.2, 0.25) is 0 Å². The van der Waals surface area contributed by atoms with E-state index in [1.54, 1.807) is 6.07 Å². The number of nitrogens with zero attached hydrogens (tertiary/aromatic N) is 3. The first-order valence-corrected chi connectivity index (χ1v) is 12.4. The fraction of sp³-hybridized carbons (Fsp3) is 0.188. The maximum absolute atomic E-state index is 10.6. The van der Waals surface area contributed by atoms with Crippen LogP contribution >= 0.6 is 0 Å². The number of aromatic hydroxyl groups is 1. The Bertz CT molecular complexity index is 1770. The SMILES string of the molecule is Cc1ccnc(-n2c3ccccc3c3ccc(Cc4ccc5c(C(C)(C)C)ccc(O)c5n4)cc32)c1. The Morgan fingerprint density at radius 1 is 0.806 bits per heavy atom. The Kier molecular flexibility index (Phi) is 5.08. The van der Waals surface area contributed by atoms with Crippen molar-refractivity contribution in [3.05, 3.63) is 107 Å². The summed E-state index contributed by atoms with van der Waals surface area (Å²) >= 11 is 0. The van der Waals surface area contributed by atoms with Gasteiger partial charge in [-0.15, -0.1) is 0 Å². The summed E-state index contributed by atoms with van der Waals surface area (Å²) in [5.74, 6) is 1.14. The molecule has 0 aliphatic rings. The Labute approximate surface area is 210 Å². The van der Waals surface area contributed by atoms with Crippen molar-refractivity contribution in [2.45, 2.75) is 39.5 Å². The molecule has 0 saturated carbocycles. The molecule has 4 heteroatoms. The van der Waals surface area contributed by atoms with Crippen molar-refractivity contribution in [1.29, 1.82) is 0 Å². The van der Waals surface area contributed by atoms with Gasteiger partial charge < -0.3 is 5.11 Å². The molecule has 0 atom stereocenters. The first-order chi connectivity index (χ1) is 17.3. The number of hydrogen-bond donors (Lipinski definition) is 1. The summed E-state index contributed by atoms with van der Waals surface area (Å²) in [7, 11) is 0. The molecular formula is C32H29N3O. The molecule has 6 aromatic rings. The highest BCUT2D eigenvalue weighted by Gasteiger charge is 2.19. The molecule has 0 saturated heterocycles. The van der Waals surface area contributed by atoms with E-state index in [0.717, 1.165) is 33.5 Å². The zero-order chi connectivity index (χ0) is 25.0. The van der Waals surface area contributed by atoms with Gasteiger partial charge in [-0.05, 0) is 65.4 Å². The van der Waals surface area contributed by atoms with E-state index in [0.29, 0.717) is 11.9 Å². The van der Waals surface area contributed by atoms with Gasteiger partial charge in [0.05, 0.1) is 11.0 Å². The second-order valence-electron chi connectivity index (χ2n) is 10.7. The minimum Gasteiger partial charge on any atom is -0.506 e. The Hall–Kier alpha value is -4.18. The van der Waals surface area contributed by atoms with Crippen molar-refractivity contribution >= 4 is 32.7 Å². The number of phenolic OH excluding ortho intramolecular Hbond substituents is 1. The van der Waals surface area contributed by atoms with Crippen molar-refractivity contribution in [3.63, 3.8) is 0 Å². The van der Waals surface area contributed by atoms with E-state index in [9.17, 15) is 5.11 Å². The van der Waals surface area contributed by atoms with E-state index in [2.05, 4.69) is 92.9 Å². The quantitative estimate of drug-likeness (QED) is 0.289. The van der Waals surface area contributed by atoms with E-state index in [1.807, 2.05) is 18.3 Å². The highest BCUT2D eigenvalue weighted by atomic mass is 16.3. The molecule has 0 aliphatic carbocycles. The summed E-state index contributed by atoms with van der Waals surface area (Å²) in [5, 5.41) is 14.0. The molecule has 3 aromatic carbocycles. The number of rotatable bonds is 3. The van der Waals surface area contributed by atoms with Crippen LogP contribution in [-0.4, -0.2) is 19.6 Å². The number of para-hydroxylation sites is 1. The molecule has 0 aliphatic heterocycles. The van der Waals surface area contributed by atoms with E-state index < -0.39 is 0 Å². The summed E-state index contributed by atoms with van der Waals surface area (Å²) < 4.78 is 2.25. The summed E-state index contributed by atoms with van der Waals surface area (Å²) in [4.78, 5) is 9.58. The van der Waals surface area contributed by atoms with Crippen molar-refractivity contribution in [2.75, 3.05) is 0 Å². The molecule has 0 spiro atoms. The first-order valence-electron chi connectivity index (χ1n) is 12.4. The third-order valence-corrected chi connectivity index (χ3v) is 6.96. The highest BCUT2D eigenvalue weighted by Crippen LogP contribution is 2.35. The number of aromatic nitrogens is 3. The summed E-state index contributed by atoms with van der Waals surface area (Å²) in [6.07, 6.45) is 2.54. The fourth-order valence-electron chi connectivity index (χ4n) is 5.22. The minimum absolute atomic E-state index is 0.0303. The van der Waals surface area contributed by atoms with Crippen molar-refractivity contribution in [1.82, 2.24) is 14.5 Å². The Morgan fingerprint density at radius 3 is 2.39 bits per heavy atom. The number of phenols is 1. The number of hydrogen-bond acceptors (Lipinski definition) is 3. The third-order valence-electron chi connectivity index (χ3n) is 6.96. The van der Waals surface area contributed by atoms with Gasteiger partial charge in [0.25, 0.3) is 0 Å². The molecule has 0 amide bonds. The molecule has 3 aromatic heterocycles. The molecular weight excluding hydrogens is 442 g/mol. The van der Waals surface area contributed by atoms with Gasteiger partial charge in [-0.25, -0.2) is 9.97 Å². The van der Waals surface area contributed by atoms with Crippen LogP contribution < -0.4 is 0 Å². The zero-order valence-corrected chi connectivity index (χ0v) is 21.1. The van der Waals surface area contributed by atoms with Crippen LogP contribution in [0.5, 0.6) is 5.75 Å². The van der Waals surface area contributed by atoms with Gasteiger partial charge in [0, 0.05) is 34.5 Å². The van der Waals surface area contributed by atoms with Gasteiger partial charge in [0.2, 0.25) is 0 Å². The van der Waals surface area contributed by atoms with Gasteiger partial charge in [-0.3, -0.25) is 4.57 Å². The average molecular weight is 472 g/mol. The molecule has 3 heterocycles. The summed E-state index contributed by atoms with van der Waals surface area (Å²) in [6.45, 7) is 8.65. The van der Waals surface area contributed by atoms with E-state index >= 15 is 0 Å². The van der Waals surface area contributed by atoms with Crippen molar-refractivity contribution in [2.24, 2.45) is 0 Å². The van der Waals surface area contributed by atoms with E-state index in [4.69, 9.17) is 9.97 Å². The molecule has 0 radical (unpaired) electrons. The zero-order valence-electron chi connectivity index (χ0n) is 21.1. The second-order valence-corrected chi connectivity index (χ2v) is 10.7. The van der Waals surface area contributed by atoms with Crippen LogP contribution in [0.1, 0.15) is 43.2 Å². The lowest BCUT2D eigenvalue weighted by atomic mass is 9.84. The predicted octanol–water partition coefficient (Wildman–Crippen LogP) is 7.63. The standard InChI is InChI=1S/C32H29N3O/c1-20-15-16-33-30(17-20)35-27-8-6-5-7-23(27)24-11-9-21(19-28(24)35)18-22-10-12-25-26(32(2,3)4)13-14-29(36)31(25)34-22/h5-17,19,36H,18H2,1-4H3. The van der Waals surface area contributed by atoms with Crippen LogP contribution in [0.25, 0.3) is 38.5 Å². The second kappa shape index (κ2) is 8.20. The molecule has 1 N–H and O–H groups in total. The molecule has 0 unspecified atom stereocenters. The van der Waals surface area contributed by atoms with Gasteiger partial charge in [0.1, 0.15) is 17.1 Å². The van der Waals surface area contributed by atoms with Crippen LogP contribution in [0.3, 0.4) is 0 Å². The number of benzene rings is 3. The van der Waals surface area contributed by atoms with Gasteiger partial charge in [-0.2, -0.15) is 0 Å². The monoisotopic (exact) mass is 471 g/mol. The predicted molar refractivity (Wildman–Crippen MR) is 148 cm³/mol. The van der Waals surface area contributed by atoms with Gasteiger partial charge in [-0.1, -0.05) is 63.2 Å². The number of fused-ring (bicyclic) bond motifs is 4. The summed E-state index contributed by atoms with van der Waals surface area (Å²) in [5.41, 5.74) is 7.37. The Balaban J connectivity index is 1.48. The molecule has 4 nitrogen and oxygen atoms in total. The van der Waals surface area contributed by atoms with Crippen LogP contribution in [0, 0.1) is 6.92 Å². The van der Waals surface area contributed by atoms with E-state index in [-0.39, 0.29) is 11.2 Å². The summed E-state index contributed by atoms with van der Waals surface area (Å²) in [6, 6.07) is 27.2. The number of pyridine rings is 2. The lowest BCUT2D eigenvalue weighted by Crippen LogP contribution is -2.12. The molecule has 0 bridgehead atoms. The van der Waals surface area contributed by atoms with Crippen molar-refractivity contribution in [3.8, 4) is 11.6 Å². The molecule has 0 fully saturated rings. The first kappa shape index (κ1) is 22.3. The average Bonchev–Trinajstić information content (AvgIpc) is 3.17. The normalized spacial score (nSPS) is 12.1. The molecule has 6 rings (SSSR count).